The van der Waals surface area contributed by atoms with Gasteiger partial charge in [0.1, 0.15) is 5.82 Å². The van der Waals surface area contributed by atoms with Crippen LogP contribution in [0.25, 0.3) is 0 Å². The van der Waals surface area contributed by atoms with E-state index in [-0.39, 0.29) is 11.9 Å². The molecule has 0 spiro atoms. The van der Waals surface area contributed by atoms with Gasteiger partial charge in [-0.25, -0.2) is 4.98 Å². The average molecular weight is 236 g/mol. The van der Waals surface area contributed by atoms with Crippen LogP contribution in [-0.4, -0.2) is 51.8 Å². The van der Waals surface area contributed by atoms with Crippen molar-refractivity contribution in [3.63, 3.8) is 0 Å². The van der Waals surface area contributed by atoms with E-state index < -0.39 is 0 Å². The molecule has 1 aromatic rings. The minimum absolute atomic E-state index is 0.0936. The maximum Gasteiger partial charge on any atom is 0.293 e. The Balaban J connectivity index is 1.75. The molecule has 1 saturated carbocycles. The molecular formula is C11H16N4O2. The van der Waals surface area contributed by atoms with Crippen LogP contribution in [-0.2, 0) is 4.74 Å². The van der Waals surface area contributed by atoms with Crippen LogP contribution < -0.4 is 0 Å². The molecule has 1 aromatic heterocycles. The van der Waals surface area contributed by atoms with Crippen LogP contribution in [0.3, 0.4) is 0 Å². The molecule has 6 nitrogen and oxygen atoms in total. The van der Waals surface area contributed by atoms with Crippen molar-refractivity contribution in [1.29, 1.82) is 0 Å². The minimum atomic E-state index is -0.0936. The summed E-state index contributed by atoms with van der Waals surface area (Å²) in [5, 5.41) is 6.88. The molecule has 1 atom stereocenters. The highest BCUT2D eigenvalue weighted by atomic mass is 16.5. The zero-order valence-electron chi connectivity index (χ0n) is 9.85. The van der Waals surface area contributed by atoms with Crippen molar-refractivity contribution in [3.05, 3.63) is 11.6 Å². The first kappa shape index (κ1) is 10.7. The Kier molecular flexibility index (Phi) is 2.58. The van der Waals surface area contributed by atoms with Gasteiger partial charge in [0.25, 0.3) is 5.91 Å². The second-order valence-electron chi connectivity index (χ2n) is 4.74. The average Bonchev–Trinajstić information content (AvgIpc) is 3.07. The largest absolute Gasteiger partial charge is 0.377 e. The number of aromatic amines is 1. The zero-order chi connectivity index (χ0) is 11.8. The molecule has 2 aliphatic rings. The molecule has 1 aliphatic carbocycles. The number of ether oxygens (including phenoxy) is 1. The number of rotatable bonds is 2. The van der Waals surface area contributed by atoms with Crippen LogP contribution in [0.5, 0.6) is 0 Å². The van der Waals surface area contributed by atoms with Crippen molar-refractivity contribution in [2.24, 2.45) is 0 Å². The molecule has 1 aliphatic heterocycles. The molecule has 1 N–H and O–H groups in total. The van der Waals surface area contributed by atoms with Gasteiger partial charge in [-0.3, -0.25) is 9.89 Å². The van der Waals surface area contributed by atoms with E-state index in [0.29, 0.717) is 31.5 Å². The first-order valence-electron chi connectivity index (χ1n) is 6.06. The molecule has 2 heterocycles. The van der Waals surface area contributed by atoms with Gasteiger partial charge in [-0.2, -0.15) is 0 Å². The summed E-state index contributed by atoms with van der Waals surface area (Å²) in [7, 11) is 0. The number of amides is 1. The molecule has 0 bridgehead atoms. The van der Waals surface area contributed by atoms with Gasteiger partial charge in [-0.1, -0.05) is 0 Å². The lowest BCUT2D eigenvalue weighted by Crippen LogP contribution is -2.47. The first-order chi connectivity index (χ1) is 8.25. The summed E-state index contributed by atoms with van der Waals surface area (Å²) in [6, 6.07) is 0.0964. The fourth-order valence-corrected chi connectivity index (χ4v) is 2.07. The molecule has 2 fully saturated rings. The molecule has 1 saturated heterocycles. The summed E-state index contributed by atoms with van der Waals surface area (Å²) in [5.74, 6) is 1.55. The lowest BCUT2D eigenvalue weighted by atomic mass is 10.2. The van der Waals surface area contributed by atoms with E-state index in [1.54, 1.807) is 4.90 Å². The highest BCUT2D eigenvalue weighted by Gasteiger charge is 2.31. The molecule has 0 radical (unpaired) electrons. The molecular weight excluding hydrogens is 220 g/mol. The molecule has 17 heavy (non-hydrogen) atoms. The van der Waals surface area contributed by atoms with Gasteiger partial charge < -0.3 is 9.64 Å². The van der Waals surface area contributed by atoms with Crippen LogP contribution in [0.2, 0.25) is 0 Å². The van der Waals surface area contributed by atoms with Crippen molar-refractivity contribution in [2.45, 2.75) is 31.7 Å². The summed E-state index contributed by atoms with van der Waals surface area (Å²) in [6.45, 7) is 3.78. The van der Waals surface area contributed by atoms with E-state index in [9.17, 15) is 4.79 Å². The highest BCUT2D eigenvalue weighted by molar-refractivity contribution is 5.90. The third-order valence-electron chi connectivity index (χ3n) is 3.29. The molecule has 3 rings (SSSR count). The molecule has 0 aromatic carbocycles. The summed E-state index contributed by atoms with van der Waals surface area (Å²) >= 11 is 0. The Morgan fingerprint density at radius 3 is 3.06 bits per heavy atom. The maximum absolute atomic E-state index is 12.2. The number of hydrogen-bond donors (Lipinski definition) is 1. The third kappa shape index (κ3) is 2.04. The van der Waals surface area contributed by atoms with Gasteiger partial charge in [0, 0.05) is 12.5 Å². The summed E-state index contributed by atoms with van der Waals surface area (Å²) in [4.78, 5) is 18.3. The third-order valence-corrected chi connectivity index (χ3v) is 3.29. The Morgan fingerprint density at radius 1 is 1.53 bits per heavy atom. The minimum Gasteiger partial charge on any atom is -0.377 e. The lowest BCUT2D eigenvalue weighted by Gasteiger charge is -2.32. The Hall–Kier alpha value is -1.43. The summed E-state index contributed by atoms with van der Waals surface area (Å²) < 4.78 is 5.31. The van der Waals surface area contributed by atoms with Crippen molar-refractivity contribution in [1.82, 2.24) is 20.1 Å². The maximum atomic E-state index is 12.2. The smallest absolute Gasteiger partial charge is 0.293 e. The van der Waals surface area contributed by atoms with Gasteiger partial charge in [0.2, 0.25) is 5.82 Å². The number of H-pyrrole nitrogens is 1. The number of morpholine rings is 1. The number of carbonyl (C=O) groups excluding carboxylic acids is 1. The quantitative estimate of drug-likeness (QED) is 0.813. The van der Waals surface area contributed by atoms with Crippen molar-refractivity contribution >= 4 is 5.91 Å². The summed E-state index contributed by atoms with van der Waals surface area (Å²) in [6.07, 6.45) is 2.30. The van der Waals surface area contributed by atoms with Crippen molar-refractivity contribution < 1.29 is 9.53 Å². The Morgan fingerprint density at radius 2 is 2.35 bits per heavy atom. The standard InChI is InChI=1S/C11H16N4O2/c1-7-6-17-5-4-15(7)11(16)10-12-9(13-14-10)8-2-3-8/h7-8H,2-6H2,1H3,(H,12,13,14). The fourth-order valence-electron chi connectivity index (χ4n) is 2.07. The van der Waals surface area contributed by atoms with Crippen molar-refractivity contribution in [2.75, 3.05) is 19.8 Å². The van der Waals surface area contributed by atoms with Gasteiger partial charge in [-0.05, 0) is 19.8 Å². The molecule has 1 amide bonds. The number of nitrogens with one attached hydrogen (secondary N) is 1. The second kappa shape index (κ2) is 4.10. The lowest BCUT2D eigenvalue weighted by molar-refractivity contribution is 0.00294. The van der Waals surface area contributed by atoms with Crippen molar-refractivity contribution in [3.8, 4) is 0 Å². The van der Waals surface area contributed by atoms with Gasteiger partial charge >= 0.3 is 0 Å². The van der Waals surface area contributed by atoms with E-state index >= 15 is 0 Å². The van der Waals surface area contributed by atoms with Crippen LogP contribution in [0, 0.1) is 0 Å². The van der Waals surface area contributed by atoms with E-state index in [2.05, 4.69) is 15.2 Å². The van der Waals surface area contributed by atoms with Crippen LogP contribution >= 0.6 is 0 Å². The predicted molar refractivity (Wildman–Crippen MR) is 59.7 cm³/mol. The highest BCUT2D eigenvalue weighted by Crippen LogP contribution is 2.37. The predicted octanol–water partition coefficient (Wildman–Crippen LogP) is 0.543. The van der Waals surface area contributed by atoms with Gasteiger partial charge in [0.15, 0.2) is 0 Å². The fraction of sp³-hybridized carbons (Fsp3) is 0.727. The second-order valence-corrected chi connectivity index (χ2v) is 4.74. The molecule has 92 valence electrons. The number of aromatic nitrogens is 3. The van der Waals surface area contributed by atoms with Crippen LogP contribution in [0.1, 0.15) is 42.1 Å². The number of carbonyl (C=O) groups is 1. The van der Waals surface area contributed by atoms with Gasteiger partial charge in [0.05, 0.1) is 19.3 Å². The first-order valence-corrected chi connectivity index (χ1v) is 6.06. The van der Waals surface area contributed by atoms with Crippen LogP contribution in [0.4, 0.5) is 0 Å². The van der Waals surface area contributed by atoms with Crippen LogP contribution in [0.15, 0.2) is 0 Å². The monoisotopic (exact) mass is 236 g/mol. The summed E-state index contributed by atoms with van der Waals surface area (Å²) in [5.41, 5.74) is 0. The zero-order valence-corrected chi connectivity index (χ0v) is 9.85. The number of hydrogen-bond acceptors (Lipinski definition) is 4. The van der Waals surface area contributed by atoms with E-state index in [1.807, 2.05) is 6.92 Å². The van der Waals surface area contributed by atoms with Gasteiger partial charge in [-0.15, -0.1) is 5.10 Å². The Bertz CT molecular complexity index is 427. The molecule has 6 heteroatoms. The van der Waals surface area contributed by atoms with E-state index in [1.165, 1.54) is 0 Å². The SMILES string of the molecule is CC1COCCN1C(=O)c1n[nH]c(C2CC2)n1. The van der Waals surface area contributed by atoms with E-state index in [4.69, 9.17) is 4.74 Å². The Labute approximate surface area is 99.4 Å². The number of nitrogens with zero attached hydrogens (tertiary/aromatic N) is 3. The molecule has 1 unspecified atom stereocenters. The normalized spacial score (nSPS) is 25.0. The topological polar surface area (TPSA) is 71.1 Å². The van der Waals surface area contributed by atoms with E-state index in [0.717, 1.165) is 18.7 Å².